The molecule has 2 N–H and O–H groups in total. The maximum Gasteiger partial charge on any atom is 0.233 e. The topological polar surface area (TPSA) is 90.9 Å². The molecule has 150 valence electrons. The van der Waals surface area contributed by atoms with Crippen molar-refractivity contribution in [2.75, 3.05) is 32.4 Å². The average molecular weight is 395 g/mol. The van der Waals surface area contributed by atoms with Gasteiger partial charge in [0.15, 0.2) is 5.96 Å². The molecule has 0 aromatic carbocycles. The number of likely N-dealkylation sites (tertiary alicyclic amines) is 1. The van der Waals surface area contributed by atoms with E-state index in [1.54, 1.807) is 7.05 Å². The maximum absolute atomic E-state index is 12.6. The Balaban J connectivity index is 1.43. The molecule has 8 heteroatoms. The van der Waals surface area contributed by atoms with Gasteiger partial charge in [0, 0.05) is 48.0 Å². The number of carbonyl (C=O) groups is 2. The van der Waals surface area contributed by atoms with E-state index >= 15 is 0 Å². The fourth-order valence-corrected chi connectivity index (χ4v) is 5.16. The number of nitrogens with one attached hydrogen (secondary N) is 2. The summed E-state index contributed by atoms with van der Waals surface area (Å²) in [6.07, 6.45) is 5.16. The normalized spacial score (nSPS) is 30.8. The Hall–Kier alpha value is -1.70. The lowest BCUT2D eigenvalue weighted by molar-refractivity contribution is -0.140. The molecule has 2 bridgehead atoms. The van der Waals surface area contributed by atoms with E-state index in [2.05, 4.69) is 27.8 Å². The first kappa shape index (κ1) is 20.0. The number of allylic oxidation sites excluding steroid dienone is 2. The van der Waals surface area contributed by atoms with Crippen molar-refractivity contribution >= 4 is 28.6 Å². The van der Waals surface area contributed by atoms with Gasteiger partial charge in [-0.3, -0.25) is 23.7 Å². The lowest BCUT2D eigenvalue weighted by atomic mass is 9.85. The molecule has 1 saturated heterocycles. The number of hydrogen-bond acceptors (Lipinski definition) is 4. The summed E-state index contributed by atoms with van der Waals surface area (Å²) in [6.45, 7) is 7.21. The summed E-state index contributed by atoms with van der Waals surface area (Å²) in [6, 6.07) is 0. The molecule has 0 aromatic heterocycles. The third kappa shape index (κ3) is 3.95. The van der Waals surface area contributed by atoms with Gasteiger partial charge in [0.25, 0.3) is 0 Å². The zero-order chi connectivity index (χ0) is 19.8. The molecule has 0 radical (unpaired) electrons. The molecule has 0 aromatic rings. The van der Waals surface area contributed by atoms with Gasteiger partial charge in [-0.1, -0.05) is 12.2 Å². The van der Waals surface area contributed by atoms with Crippen molar-refractivity contribution in [3.8, 4) is 0 Å². The average Bonchev–Trinajstić information content (AvgIpc) is 3.28. The highest BCUT2D eigenvalue weighted by Crippen LogP contribution is 2.52. The van der Waals surface area contributed by atoms with Crippen LogP contribution < -0.4 is 10.6 Å². The van der Waals surface area contributed by atoms with Crippen molar-refractivity contribution in [2.24, 2.45) is 28.7 Å². The van der Waals surface area contributed by atoms with E-state index in [9.17, 15) is 13.8 Å². The molecule has 2 fully saturated rings. The fourth-order valence-electron chi connectivity index (χ4n) is 4.26. The minimum absolute atomic E-state index is 0.0211. The fraction of sp³-hybridized carbons (Fsp3) is 0.737. The van der Waals surface area contributed by atoms with Crippen LogP contribution in [0.1, 0.15) is 27.2 Å². The SMILES string of the molecule is CN=C(NCCN1C(=O)C2C3C=CC(C3)C2C1=O)NCCS(=O)C(C)(C)C. The summed E-state index contributed by atoms with van der Waals surface area (Å²) in [5, 5.41) is 6.26. The molecule has 7 nitrogen and oxygen atoms in total. The van der Waals surface area contributed by atoms with Gasteiger partial charge in [0.05, 0.1) is 11.8 Å². The zero-order valence-electron chi connectivity index (χ0n) is 16.5. The maximum atomic E-state index is 12.6. The van der Waals surface area contributed by atoms with Crippen molar-refractivity contribution in [3.63, 3.8) is 0 Å². The van der Waals surface area contributed by atoms with Crippen LogP contribution in [0.25, 0.3) is 0 Å². The number of imide groups is 1. The number of guanidine groups is 1. The Morgan fingerprint density at radius 1 is 1.15 bits per heavy atom. The molecule has 0 spiro atoms. The van der Waals surface area contributed by atoms with Crippen molar-refractivity contribution < 1.29 is 13.8 Å². The largest absolute Gasteiger partial charge is 0.355 e. The Labute approximate surface area is 163 Å². The van der Waals surface area contributed by atoms with Gasteiger partial charge in [-0.2, -0.15) is 0 Å². The second kappa shape index (κ2) is 7.73. The van der Waals surface area contributed by atoms with Crippen LogP contribution in [0.3, 0.4) is 0 Å². The van der Waals surface area contributed by atoms with Crippen LogP contribution in [-0.2, 0) is 20.4 Å². The Kier molecular flexibility index (Phi) is 5.74. The first-order chi connectivity index (χ1) is 12.7. The number of amides is 2. The van der Waals surface area contributed by atoms with Crippen LogP contribution >= 0.6 is 0 Å². The van der Waals surface area contributed by atoms with Gasteiger partial charge in [-0.15, -0.1) is 0 Å². The van der Waals surface area contributed by atoms with E-state index in [1.165, 1.54) is 4.90 Å². The van der Waals surface area contributed by atoms with Crippen molar-refractivity contribution in [3.05, 3.63) is 12.2 Å². The quantitative estimate of drug-likeness (QED) is 0.296. The number of nitrogens with zero attached hydrogens (tertiary/aromatic N) is 2. The summed E-state index contributed by atoms with van der Waals surface area (Å²) in [7, 11) is 0.737. The first-order valence-electron chi connectivity index (χ1n) is 9.60. The smallest absolute Gasteiger partial charge is 0.233 e. The van der Waals surface area contributed by atoms with Gasteiger partial charge >= 0.3 is 0 Å². The van der Waals surface area contributed by atoms with Crippen molar-refractivity contribution in [2.45, 2.75) is 31.9 Å². The molecular weight excluding hydrogens is 364 g/mol. The molecule has 27 heavy (non-hydrogen) atoms. The van der Waals surface area contributed by atoms with Crippen LogP contribution in [-0.4, -0.2) is 64.1 Å². The van der Waals surface area contributed by atoms with Crippen molar-refractivity contribution in [1.82, 2.24) is 15.5 Å². The highest BCUT2D eigenvalue weighted by Gasteiger charge is 2.58. The van der Waals surface area contributed by atoms with E-state index in [0.29, 0.717) is 31.3 Å². The minimum Gasteiger partial charge on any atom is -0.355 e. The monoisotopic (exact) mass is 394 g/mol. The van der Waals surface area contributed by atoms with Crippen LogP contribution in [0, 0.1) is 23.7 Å². The molecule has 5 unspecified atom stereocenters. The summed E-state index contributed by atoms with van der Waals surface area (Å²) >= 11 is 0. The van der Waals surface area contributed by atoms with Gasteiger partial charge in [-0.05, 0) is 39.0 Å². The molecule has 1 heterocycles. The predicted molar refractivity (Wildman–Crippen MR) is 107 cm³/mol. The van der Waals surface area contributed by atoms with E-state index in [-0.39, 0.29) is 40.2 Å². The number of aliphatic imine (C=N–C) groups is 1. The van der Waals surface area contributed by atoms with E-state index in [0.717, 1.165) is 6.42 Å². The van der Waals surface area contributed by atoms with Crippen LogP contribution in [0.5, 0.6) is 0 Å². The minimum atomic E-state index is -0.925. The highest BCUT2D eigenvalue weighted by atomic mass is 32.2. The Bertz CT molecular complexity index is 668. The first-order valence-corrected chi connectivity index (χ1v) is 10.9. The van der Waals surface area contributed by atoms with E-state index < -0.39 is 10.8 Å². The molecule has 3 aliphatic rings. The van der Waals surface area contributed by atoms with Gasteiger partial charge in [0.1, 0.15) is 0 Å². The van der Waals surface area contributed by atoms with E-state index in [4.69, 9.17) is 0 Å². The third-order valence-corrected chi connectivity index (χ3v) is 7.62. The zero-order valence-corrected chi connectivity index (χ0v) is 17.3. The summed E-state index contributed by atoms with van der Waals surface area (Å²) < 4.78 is 11.8. The Morgan fingerprint density at radius 2 is 1.70 bits per heavy atom. The van der Waals surface area contributed by atoms with Gasteiger partial charge in [-0.25, -0.2) is 0 Å². The summed E-state index contributed by atoms with van der Waals surface area (Å²) in [5.41, 5.74) is 0. The van der Waals surface area contributed by atoms with Crippen LogP contribution in [0.15, 0.2) is 17.1 Å². The lowest BCUT2D eigenvalue weighted by Crippen LogP contribution is -2.44. The number of hydrogen-bond donors (Lipinski definition) is 2. The third-order valence-electron chi connectivity index (χ3n) is 5.68. The van der Waals surface area contributed by atoms with Gasteiger partial charge in [0.2, 0.25) is 11.8 Å². The summed E-state index contributed by atoms with van der Waals surface area (Å²) in [4.78, 5) is 30.8. The Morgan fingerprint density at radius 3 is 2.22 bits per heavy atom. The molecule has 5 atom stereocenters. The molecule has 1 saturated carbocycles. The molecule has 2 aliphatic carbocycles. The highest BCUT2D eigenvalue weighted by molar-refractivity contribution is 7.86. The summed E-state index contributed by atoms with van der Waals surface area (Å²) in [5.74, 6) is 1.28. The van der Waals surface area contributed by atoms with Crippen molar-refractivity contribution in [1.29, 1.82) is 0 Å². The number of carbonyl (C=O) groups excluding carboxylic acids is 2. The second-order valence-corrected chi connectivity index (χ2v) is 10.7. The number of rotatable bonds is 6. The second-order valence-electron chi connectivity index (χ2n) is 8.42. The molecule has 1 aliphatic heterocycles. The predicted octanol–water partition coefficient (Wildman–Crippen LogP) is 0.506. The molecular formula is C19H30N4O3S. The van der Waals surface area contributed by atoms with Crippen LogP contribution in [0.2, 0.25) is 0 Å². The van der Waals surface area contributed by atoms with Crippen LogP contribution in [0.4, 0.5) is 0 Å². The standard InChI is InChI=1S/C19H30N4O3S/c1-19(2,3)27(26)10-8-22-18(20-4)21-7-9-23-16(24)14-12-5-6-13(11-12)15(14)17(23)25/h5-6,12-15H,7-11H2,1-4H3,(H2,20,21,22). The molecule has 3 rings (SSSR count). The number of fused-ring (bicyclic) bond motifs is 5. The van der Waals surface area contributed by atoms with E-state index in [1.807, 2.05) is 20.8 Å². The lowest BCUT2D eigenvalue weighted by Gasteiger charge is -2.20. The van der Waals surface area contributed by atoms with Gasteiger partial charge < -0.3 is 10.6 Å². The molecule has 2 amide bonds.